The minimum absolute atomic E-state index is 0. The minimum atomic E-state index is -0.379. The summed E-state index contributed by atoms with van der Waals surface area (Å²) >= 11 is 12.2. The van der Waals surface area contributed by atoms with E-state index < -0.39 is 0 Å². The van der Waals surface area contributed by atoms with Crippen LogP contribution < -0.4 is 10.6 Å². The molecular weight excluding hydrogens is 355 g/mol. The van der Waals surface area contributed by atoms with Crippen LogP contribution in [0, 0.1) is 5.92 Å². The van der Waals surface area contributed by atoms with Gasteiger partial charge in [-0.2, -0.15) is 0 Å². The third-order valence-electron chi connectivity index (χ3n) is 4.75. The molecule has 0 bridgehead atoms. The Bertz CT molecular complexity index is 527. The molecule has 0 aliphatic carbocycles. The van der Waals surface area contributed by atoms with Crippen molar-refractivity contribution < 1.29 is 4.79 Å². The maximum Gasteiger partial charge on any atom is 0.223 e. The van der Waals surface area contributed by atoms with Crippen LogP contribution in [0.4, 0.5) is 0 Å². The van der Waals surface area contributed by atoms with Gasteiger partial charge in [0.2, 0.25) is 5.91 Å². The zero-order valence-electron chi connectivity index (χ0n) is 13.6. The second-order valence-corrected chi connectivity index (χ2v) is 6.75. The van der Waals surface area contributed by atoms with Crippen molar-refractivity contribution in [2.75, 3.05) is 13.1 Å². The van der Waals surface area contributed by atoms with E-state index in [2.05, 4.69) is 24.5 Å². The van der Waals surface area contributed by atoms with Gasteiger partial charge in [-0.15, -0.1) is 12.4 Å². The van der Waals surface area contributed by atoms with Gasteiger partial charge in [-0.25, -0.2) is 0 Å². The van der Waals surface area contributed by atoms with Crippen LogP contribution in [0.3, 0.4) is 0 Å². The topological polar surface area (TPSA) is 41.1 Å². The van der Waals surface area contributed by atoms with Gasteiger partial charge in [-0.3, -0.25) is 4.79 Å². The molecule has 0 radical (unpaired) electrons. The maximum atomic E-state index is 12.7. The number of rotatable bonds is 5. The molecule has 23 heavy (non-hydrogen) atoms. The lowest BCUT2D eigenvalue weighted by Crippen LogP contribution is -2.49. The van der Waals surface area contributed by atoms with Crippen LogP contribution in [0.25, 0.3) is 0 Å². The first-order valence-electron chi connectivity index (χ1n) is 8.00. The van der Waals surface area contributed by atoms with Gasteiger partial charge in [0, 0.05) is 5.92 Å². The lowest BCUT2D eigenvalue weighted by molar-refractivity contribution is -0.128. The van der Waals surface area contributed by atoms with Crippen LogP contribution in [0.5, 0.6) is 0 Å². The molecule has 1 fully saturated rings. The lowest BCUT2D eigenvalue weighted by atomic mass is 9.83. The Balaban J connectivity index is 0.00000264. The Morgan fingerprint density at radius 2 is 1.83 bits per heavy atom. The van der Waals surface area contributed by atoms with E-state index in [-0.39, 0.29) is 29.8 Å². The van der Waals surface area contributed by atoms with Crippen molar-refractivity contribution >= 4 is 41.5 Å². The summed E-state index contributed by atoms with van der Waals surface area (Å²) in [6, 6.07) is 5.64. The van der Waals surface area contributed by atoms with Gasteiger partial charge < -0.3 is 10.6 Å². The average Bonchev–Trinajstić information content (AvgIpc) is 2.56. The zero-order chi connectivity index (χ0) is 16.2. The molecule has 2 rings (SSSR count). The predicted molar refractivity (Wildman–Crippen MR) is 99.7 cm³/mol. The number of hydrogen-bond donors (Lipinski definition) is 2. The summed E-state index contributed by atoms with van der Waals surface area (Å²) in [6.07, 6.45) is 3.43. The van der Waals surface area contributed by atoms with E-state index >= 15 is 0 Å². The third-order valence-corrected chi connectivity index (χ3v) is 5.49. The smallest absolute Gasteiger partial charge is 0.223 e. The number of halogens is 3. The summed E-state index contributed by atoms with van der Waals surface area (Å²) in [5, 5.41) is 7.66. The summed E-state index contributed by atoms with van der Waals surface area (Å²) < 4.78 is 0. The van der Waals surface area contributed by atoms with Gasteiger partial charge in [-0.1, -0.05) is 43.1 Å². The number of benzene rings is 1. The fraction of sp³-hybridized carbons (Fsp3) is 0.588. The Kier molecular flexibility index (Phi) is 8.15. The summed E-state index contributed by atoms with van der Waals surface area (Å²) in [6.45, 7) is 6.01. The second kappa shape index (κ2) is 9.12. The molecule has 1 aliphatic heterocycles. The van der Waals surface area contributed by atoms with Gasteiger partial charge in [0.15, 0.2) is 0 Å². The van der Waals surface area contributed by atoms with Crippen LogP contribution in [0.1, 0.15) is 45.1 Å². The van der Waals surface area contributed by atoms with Gasteiger partial charge in [0.25, 0.3) is 0 Å². The number of carbonyl (C=O) groups is 1. The van der Waals surface area contributed by atoms with E-state index in [9.17, 15) is 4.79 Å². The van der Waals surface area contributed by atoms with Gasteiger partial charge >= 0.3 is 0 Å². The van der Waals surface area contributed by atoms with E-state index in [1.807, 2.05) is 12.1 Å². The van der Waals surface area contributed by atoms with Crippen LogP contribution in [-0.4, -0.2) is 19.0 Å². The van der Waals surface area contributed by atoms with Crippen LogP contribution >= 0.6 is 35.6 Å². The molecule has 2 N–H and O–H groups in total. The van der Waals surface area contributed by atoms with E-state index in [1.165, 1.54) is 0 Å². The Hall–Kier alpha value is -0.480. The third kappa shape index (κ3) is 4.76. The molecule has 6 heteroatoms. The predicted octanol–water partition coefficient (Wildman–Crippen LogP) is 4.55. The molecule has 0 saturated carbocycles. The van der Waals surface area contributed by atoms with Crippen molar-refractivity contribution in [1.29, 1.82) is 0 Å². The average molecular weight is 380 g/mol. The summed E-state index contributed by atoms with van der Waals surface area (Å²) in [5.41, 5.74) is 0.644. The quantitative estimate of drug-likeness (QED) is 0.788. The summed E-state index contributed by atoms with van der Waals surface area (Å²) in [7, 11) is 0. The molecule has 0 spiro atoms. The standard InChI is InChI=1S/C17H24Cl2N2O.ClH/c1-3-17(4-2,13-5-6-14(18)15(19)11-13)21-16(22)12-7-9-20-10-8-12;/h5-6,11-12,20H,3-4,7-10H2,1-2H3,(H,21,22);1H. The molecule has 1 saturated heterocycles. The van der Waals surface area contributed by atoms with Crippen molar-refractivity contribution in [1.82, 2.24) is 10.6 Å². The molecule has 1 aliphatic rings. The highest BCUT2D eigenvalue weighted by Crippen LogP contribution is 2.33. The number of hydrogen-bond acceptors (Lipinski definition) is 2. The maximum absolute atomic E-state index is 12.7. The number of piperidine rings is 1. The van der Waals surface area contributed by atoms with E-state index in [0.717, 1.165) is 44.3 Å². The first kappa shape index (κ1) is 20.6. The highest BCUT2D eigenvalue weighted by atomic mass is 35.5. The highest BCUT2D eigenvalue weighted by Gasteiger charge is 2.33. The summed E-state index contributed by atoms with van der Waals surface area (Å²) in [5.74, 6) is 0.248. The Morgan fingerprint density at radius 3 is 2.35 bits per heavy atom. The normalized spacial score (nSPS) is 15.8. The summed E-state index contributed by atoms with van der Waals surface area (Å²) in [4.78, 5) is 12.7. The molecule has 130 valence electrons. The molecule has 3 nitrogen and oxygen atoms in total. The zero-order valence-corrected chi connectivity index (χ0v) is 16.0. The molecule has 1 aromatic rings. The molecule has 0 aromatic heterocycles. The van der Waals surface area contributed by atoms with Gasteiger partial charge in [0.05, 0.1) is 15.6 Å². The monoisotopic (exact) mass is 378 g/mol. The SMILES string of the molecule is CCC(CC)(NC(=O)C1CCNCC1)c1ccc(Cl)c(Cl)c1.Cl. The van der Waals surface area contributed by atoms with Crippen molar-refractivity contribution in [3.05, 3.63) is 33.8 Å². The molecule has 0 atom stereocenters. The molecular formula is C17H25Cl3N2O. The van der Waals surface area contributed by atoms with Crippen LogP contribution in [0.15, 0.2) is 18.2 Å². The molecule has 0 unspecified atom stereocenters. The van der Waals surface area contributed by atoms with Crippen molar-refractivity contribution in [2.45, 2.75) is 45.1 Å². The second-order valence-electron chi connectivity index (χ2n) is 5.93. The number of nitrogens with one attached hydrogen (secondary N) is 2. The largest absolute Gasteiger partial charge is 0.346 e. The van der Waals surface area contributed by atoms with Gasteiger partial charge in [-0.05, 0) is 56.5 Å². The van der Waals surface area contributed by atoms with E-state index in [0.29, 0.717) is 10.0 Å². The Morgan fingerprint density at radius 1 is 1.22 bits per heavy atom. The van der Waals surface area contributed by atoms with Crippen molar-refractivity contribution in [3.63, 3.8) is 0 Å². The first-order valence-corrected chi connectivity index (χ1v) is 8.76. The molecule has 1 amide bonds. The minimum Gasteiger partial charge on any atom is -0.346 e. The van der Waals surface area contributed by atoms with Crippen molar-refractivity contribution in [3.8, 4) is 0 Å². The van der Waals surface area contributed by atoms with Crippen LogP contribution in [0.2, 0.25) is 10.0 Å². The number of amides is 1. The number of carbonyl (C=O) groups excluding carboxylic acids is 1. The van der Waals surface area contributed by atoms with E-state index in [1.54, 1.807) is 6.07 Å². The van der Waals surface area contributed by atoms with Crippen LogP contribution in [-0.2, 0) is 10.3 Å². The van der Waals surface area contributed by atoms with Gasteiger partial charge in [0.1, 0.15) is 0 Å². The first-order chi connectivity index (χ1) is 10.5. The lowest BCUT2D eigenvalue weighted by Gasteiger charge is -2.36. The molecule has 1 heterocycles. The fourth-order valence-electron chi connectivity index (χ4n) is 3.12. The van der Waals surface area contributed by atoms with E-state index in [4.69, 9.17) is 23.2 Å². The van der Waals surface area contributed by atoms with Crippen molar-refractivity contribution in [2.24, 2.45) is 5.92 Å². The highest BCUT2D eigenvalue weighted by molar-refractivity contribution is 6.42. The fourth-order valence-corrected chi connectivity index (χ4v) is 3.42. The Labute approximate surface area is 154 Å². The molecule has 1 aromatic carbocycles.